The zero-order valence-corrected chi connectivity index (χ0v) is 7.44. The van der Waals surface area contributed by atoms with E-state index in [1.165, 1.54) is 0 Å². The van der Waals surface area contributed by atoms with Crippen LogP contribution in [0.1, 0.15) is 6.42 Å². The van der Waals surface area contributed by atoms with Crippen molar-refractivity contribution >= 4 is 11.1 Å². The van der Waals surface area contributed by atoms with Crippen molar-refractivity contribution in [2.24, 2.45) is 0 Å². The molecule has 0 amide bonds. The van der Waals surface area contributed by atoms with E-state index in [1.807, 2.05) is 0 Å². The Morgan fingerprint density at radius 1 is 1.75 bits per heavy atom. The largest absolute Gasteiger partial charge is 1.00 e. The topological polar surface area (TPSA) is 49.4 Å². The number of hydrogen-bond acceptors (Lipinski definition) is 3. The molecule has 0 aliphatic carbocycles. The summed E-state index contributed by atoms with van der Waals surface area (Å²) in [4.78, 5) is 0. The van der Waals surface area contributed by atoms with Gasteiger partial charge in [-0.3, -0.25) is 4.21 Å². The van der Waals surface area contributed by atoms with Crippen LogP contribution in [0.5, 0.6) is 0 Å². The van der Waals surface area contributed by atoms with Crippen LogP contribution in [0.25, 0.3) is 0 Å². The Kier molecular flexibility index (Phi) is 4.51. The van der Waals surface area contributed by atoms with Crippen molar-refractivity contribution in [3.63, 3.8) is 0 Å². The minimum atomic E-state index is -2.00. The summed E-state index contributed by atoms with van der Waals surface area (Å²) in [5, 5.41) is 0. The first-order valence-electron chi connectivity index (χ1n) is 2.00. The first kappa shape index (κ1) is 9.07. The molecule has 0 aromatic heterocycles. The second-order valence-corrected chi connectivity index (χ2v) is 2.40. The average molecular weight is 144 g/mol. The molecule has 1 fully saturated rings. The molecule has 3 nitrogen and oxygen atoms in total. The van der Waals surface area contributed by atoms with Crippen molar-refractivity contribution in [2.45, 2.75) is 11.9 Å². The first-order chi connectivity index (χ1) is 3.30. The Morgan fingerprint density at radius 2 is 2.25 bits per heavy atom. The van der Waals surface area contributed by atoms with E-state index in [-0.39, 0.29) is 29.6 Å². The fourth-order valence-electron chi connectivity index (χ4n) is 0.366. The summed E-state index contributed by atoms with van der Waals surface area (Å²) in [5.41, 5.74) is -0.500. The summed E-state index contributed by atoms with van der Waals surface area (Å²) in [6.07, 6.45) is 0.663. The van der Waals surface area contributed by atoms with Gasteiger partial charge in [0.25, 0.3) is 0 Å². The maximum Gasteiger partial charge on any atom is 1.00 e. The third-order valence-electron chi connectivity index (χ3n) is 0.872. The molecule has 0 radical (unpaired) electrons. The Hall–Kier alpha value is 1.07. The zero-order chi connectivity index (χ0) is 5.28. The molecule has 5 heteroatoms. The Balaban J connectivity index is 0.000000490. The minimum absolute atomic E-state index is 0. The van der Waals surface area contributed by atoms with Crippen molar-refractivity contribution < 1.29 is 43.1 Å². The molecule has 0 N–H and O–H groups in total. The number of hydrogen-bond donors (Lipinski definition) is 0. The Labute approximate surface area is 72.4 Å². The average Bonchev–Trinajstić information content (AvgIpc) is 1.23. The SMILES string of the molecule is O=S([O-])C1CCO1.[Na+]. The normalized spacial score (nSPS) is 29.9. The van der Waals surface area contributed by atoms with E-state index in [0.717, 1.165) is 0 Å². The first-order valence-corrected chi connectivity index (χ1v) is 3.14. The van der Waals surface area contributed by atoms with Crippen LogP contribution in [0.4, 0.5) is 0 Å². The van der Waals surface area contributed by atoms with Gasteiger partial charge in [0.1, 0.15) is 5.44 Å². The van der Waals surface area contributed by atoms with Crippen LogP contribution in [0.3, 0.4) is 0 Å². The molecule has 42 valence electrons. The van der Waals surface area contributed by atoms with E-state index in [2.05, 4.69) is 4.74 Å². The molecular weight excluding hydrogens is 139 g/mol. The Morgan fingerprint density at radius 3 is 2.25 bits per heavy atom. The third-order valence-corrected chi connectivity index (χ3v) is 1.67. The second-order valence-electron chi connectivity index (χ2n) is 1.35. The maximum absolute atomic E-state index is 9.86. The van der Waals surface area contributed by atoms with Crippen molar-refractivity contribution in [1.29, 1.82) is 0 Å². The van der Waals surface area contributed by atoms with Gasteiger partial charge in [0, 0.05) is 6.42 Å². The molecule has 8 heavy (non-hydrogen) atoms. The van der Waals surface area contributed by atoms with Gasteiger partial charge in [0.2, 0.25) is 0 Å². The van der Waals surface area contributed by atoms with Gasteiger partial charge in [-0.05, 0) is 11.1 Å². The van der Waals surface area contributed by atoms with Crippen LogP contribution in [-0.4, -0.2) is 20.8 Å². The summed E-state index contributed by atoms with van der Waals surface area (Å²) in [6.45, 7) is 0.596. The van der Waals surface area contributed by atoms with E-state index >= 15 is 0 Å². The molecule has 0 aromatic carbocycles. The molecule has 1 aliphatic heterocycles. The molecule has 1 heterocycles. The van der Waals surface area contributed by atoms with Crippen LogP contribution in [0.15, 0.2) is 0 Å². The molecule has 1 aliphatic rings. The number of ether oxygens (including phenoxy) is 1. The maximum atomic E-state index is 9.86. The van der Waals surface area contributed by atoms with E-state index < -0.39 is 16.5 Å². The molecule has 1 saturated heterocycles. The molecular formula is C3H5NaO3S. The van der Waals surface area contributed by atoms with Gasteiger partial charge in [0.05, 0.1) is 6.61 Å². The quantitative estimate of drug-likeness (QED) is 0.285. The summed E-state index contributed by atoms with van der Waals surface area (Å²) >= 11 is -2.00. The molecule has 0 bridgehead atoms. The van der Waals surface area contributed by atoms with Gasteiger partial charge in [-0.15, -0.1) is 0 Å². The van der Waals surface area contributed by atoms with Crippen LogP contribution in [0, 0.1) is 0 Å². The summed E-state index contributed by atoms with van der Waals surface area (Å²) in [6, 6.07) is 0. The number of rotatable bonds is 1. The third kappa shape index (κ3) is 2.13. The van der Waals surface area contributed by atoms with Crippen molar-refractivity contribution in [1.82, 2.24) is 0 Å². The van der Waals surface area contributed by atoms with Gasteiger partial charge < -0.3 is 9.29 Å². The molecule has 2 unspecified atom stereocenters. The van der Waals surface area contributed by atoms with Gasteiger partial charge in [0.15, 0.2) is 0 Å². The van der Waals surface area contributed by atoms with Crippen LogP contribution in [-0.2, 0) is 15.8 Å². The van der Waals surface area contributed by atoms with E-state index in [1.54, 1.807) is 0 Å². The predicted molar refractivity (Wildman–Crippen MR) is 23.3 cm³/mol. The van der Waals surface area contributed by atoms with Crippen molar-refractivity contribution in [3.05, 3.63) is 0 Å². The van der Waals surface area contributed by atoms with E-state index in [4.69, 9.17) is 0 Å². The van der Waals surface area contributed by atoms with Gasteiger partial charge >= 0.3 is 29.6 Å². The molecule has 0 saturated carbocycles. The monoisotopic (exact) mass is 144 g/mol. The smallest absolute Gasteiger partial charge is 0.770 e. The minimum Gasteiger partial charge on any atom is -0.770 e. The molecule has 0 spiro atoms. The fourth-order valence-corrected chi connectivity index (χ4v) is 0.862. The van der Waals surface area contributed by atoms with Gasteiger partial charge in [-0.25, -0.2) is 0 Å². The fraction of sp³-hybridized carbons (Fsp3) is 1.00. The zero-order valence-electron chi connectivity index (χ0n) is 4.62. The standard InChI is InChI=1S/C3H6O3S.Na/c4-7(5)3-1-2-6-3;/h3H,1-2H2,(H,4,5);/q;+1/p-1. The van der Waals surface area contributed by atoms with Crippen LogP contribution >= 0.6 is 0 Å². The van der Waals surface area contributed by atoms with Crippen LogP contribution < -0.4 is 29.6 Å². The predicted octanol–water partition coefficient (Wildman–Crippen LogP) is -3.38. The second kappa shape index (κ2) is 3.98. The summed E-state index contributed by atoms with van der Waals surface area (Å²) < 4.78 is 24.3. The molecule has 0 aromatic rings. The van der Waals surface area contributed by atoms with Crippen LogP contribution in [0.2, 0.25) is 0 Å². The molecule has 2 atom stereocenters. The van der Waals surface area contributed by atoms with E-state index in [0.29, 0.717) is 13.0 Å². The summed E-state index contributed by atoms with van der Waals surface area (Å²) in [7, 11) is 0. The van der Waals surface area contributed by atoms with E-state index in [9.17, 15) is 8.76 Å². The van der Waals surface area contributed by atoms with Gasteiger partial charge in [-0.2, -0.15) is 0 Å². The summed E-state index contributed by atoms with van der Waals surface area (Å²) in [5.74, 6) is 0. The molecule has 1 rings (SSSR count). The van der Waals surface area contributed by atoms with Crippen molar-refractivity contribution in [2.75, 3.05) is 6.61 Å². The van der Waals surface area contributed by atoms with Gasteiger partial charge in [-0.1, -0.05) is 0 Å². The Bertz CT molecular complexity index is 92.5. The van der Waals surface area contributed by atoms with Crippen molar-refractivity contribution in [3.8, 4) is 0 Å².